The largest absolute Gasteiger partial charge is 0.503 e. The Morgan fingerprint density at radius 2 is 1.32 bits per heavy atom. The van der Waals surface area contributed by atoms with Gasteiger partial charge in [-0.25, -0.2) is 9.59 Å². The number of benzene rings is 2. The molecule has 0 unspecified atom stereocenters. The SMILES string of the molecule is COC(=O)c1cc2c3c(c(O)c(OC)c2[nH]1)N(C(=O)c1cc2c4c(c(O)c(OC)c2[nH]1)N(C(=O)c1cc2c([nH]1)C(=O)C=C1N(C(=O)OC(C)(C)C)C[C@H]5C[C@]125)CC4)CC3. The van der Waals surface area contributed by atoms with Gasteiger partial charge in [0.2, 0.25) is 5.78 Å². The number of aromatic hydroxyl groups is 2. The van der Waals surface area contributed by atoms with E-state index in [9.17, 15) is 34.2 Å². The predicted octanol–water partition coefficient (Wildman–Crippen LogP) is 5.19. The Hall–Kier alpha value is -6.91. The molecule has 2 fully saturated rings. The van der Waals surface area contributed by atoms with Crippen molar-refractivity contribution in [2.45, 2.75) is 51.0 Å². The van der Waals surface area contributed by atoms with Crippen LogP contribution in [0.5, 0.6) is 23.0 Å². The number of carbonyl (C=O) groups is 5. The summed E-state index contributed by atoms with van der Waals surface area (Å²) in [7, 11) is 4.01. The van der Waals surface area contributed by atoms with Gasteiger partial charge in [-0.3, -0.25) is 19.3 Å². The fourth-order valence-electron chi connectivity index (χ4n) is 9.82. The number of carbonyl (C=O) groups excluding carboxylic acids is 5. The van der Waals surface area contributed by atoms with Crippen LogP contribution in [-0.2, 0) is 27.7 Å². The molecule has 3 aromatic heterocycles. The highest BCUT2D eigenvalue weighted by Gasteiger charge is 2.68. The molecular formula is C42H40N6O11. The van der Waals surface area contributed by atoms with Crippen molar-refractivity contribution in [1.82, 2.24) is 19.9 Å². The Bertz CT molecular complexity index is 2820. The number of nitrogens with zero attached hydrogens (tertiary/aromatic N) is 3. The number of H-pyrrole nitrogens is 3. The fraction of sp³-hybridized carbons (Fsp3) is 0.357. The van der Waals surface area contributed by atoms with Gasteiger partial charge in [0.25, 0.3) is 11.8 Å². The molecule has 17 nitrogen and oxygen atoms in total. The number of amides is 3. The number of phenols is 2. The second kappa shape index (κ2) is 12.1. The van der Waals surface area contributed by atoms with Crippen molar-refractivity contribution in [2.75, 3.05) is 50.8 Å². The molecule has 59 heavy (non-hydrogen) atoms. The Balaban J connectivity index is 0.984. The third kappa shape index (κ3) is 4.86. The zero-order chi connectivity index (χ0) is 41.6. The van der Waals surface area contributed by atoms with E-state index in [1.54, 1.807) is 39.0 Å². The number of ketones is 1. The minimum atomic E-state index is -0.715. The number of nitrogens with one attached hydrogen (secondary N) is 3. The summed E-state index contributed by atoms with van der Waals surface area (Å²) in [6.45, 7) is 6.16. The zero-order valence-corrected chi connectivity index (χ0v) is 33.0. The maximum Gasteiger partial charge on any atom is 0.414 e. The van der Waals surface area contributed by atoms with Crippen molar-refractivity contribution in [3.63, 3.8) is 0 Å². The van der Waals surface area contributed by atoms with Crippen LogP contribution in [0.4, 0.5) is 16.2 Å². The fourth-order valence-corrected chi connectivity index (χ4v) is 9.82. The summed E-state index contributed by atoms with van der Waals surface area (Å²) in [6, 6.07) is 4.94. The number of fused-ring (bicyclic) bond motifs is 7. The molecule has 1 saturated carbocycles. The van der Waals surface area contributed by atoms with E-state index in [-0.39, 0.29) is 76.2 Å². The minimum absolute atomic E-state index is 0.0240. The van der Waals surface area contributed by atoms with Crippen molar-refractivity contribution in [3.8, 4) is 23.0 Å². The van der Waals surface area contributed by atoms with E-state index in [4.69, 9.17) is 18.9 Å². The Morgan fingerprint density at radius 3 is 1.86 bits per heavy atom. The van der Waals surface area contributed by atoms with Crippen LogP contribution in [0.2, 0.25) is 0 Å². The standard InChI is InChI=1S/C42H40N6O11/c1-41(2,3)59-40(55)48-16-17-15-42(17)22-13-24(44-30(22)26(49)14-27(42)48)38(53)47-10-7-18-20-11-23(43-28(20)35(56-4)33(50)31(18)47)37(52)46-9-8-19-21-12-25(39(54)58-6)45-29(21)36(57-5)34(51)32(19)46/h11-14,17,43-45,50-51H,7-10,15-16H2,1-6H3/t17-,42-/m1/s1. The van der Waals surface area contributed by atoms with E-state index in [1.165, 1.54) is 42.1 Å². The minimum Gasteiger partial charge on any atom is -0.503 e. The number of likely N-dealkylation sites (tertiary alicyclic amines) is 1. The molecule has 0 bridgehead atoms. The van der Waals surface area contributed by atoms with Crippen LogP contribution in [-0.4, -0.2) is 106 Å². The molecule has 5 N–H and O–H groups in total. The second-order valence-corrected chi connectivity index (χ2v) is 16.6. The average molecular weight is 805 g/mol. The van der Waals surface area contributed by atoms with Crippen LogP contribution in [0.1, 0.15) is 85.8 Å². The maximum absolute atomic E-state index is 14.4. The summed E-state index contributed by atoms with van der Waals surface area (Å²) in [5.74, 6) is -2.32. The Morgan fingerprint density at radius 1 is 0.780 bits per heavy atom. The first kappa shape index (κ1) is 36.4. The number of hydrogen-bond acceptors (Lipinski definition) is 11. The Labute approximate surface area is 335 Å². The number of hydrogen-bond donors (Lipinski definition) is 5. The van der Waals surface area contributed by atoms with Gasteiger partial charge >= 0.3 is 12.1 Å². The number of methoxy groups -OCH3 is 3. The van der Waals surface area contributed by atoms with Crippen LogP contribution in [0.25, 0.3) is 21.8 Å². The monoisotopic (exact) mass is 804 g/mol. The average Bonchev–Trinajstić information content (AvgIpc) is 3.93. The summed E-state index contributed by atoms with van der Waals surface area (Å²) in [5, 5.41) is 24.3. The molecule has 3 aliphatic heterocycles. The van der Waals surface area contributed by atoms with Gasteiger partial charge in [-0.15, -0.1) is 0 Å². The predicted molar refractivity (Wildman–Crippen MR) is 211 cm³/mol. The van der Waals surface area contributed by atoms with Gasteiger partial charge in [-0.05, 0) is 80.8 Å². The van der Waals surface area contributed by atoms with Crippen molar-refractivity contribution in [1.29, 1.82) is 0 Å². The lowest BCUT2D eigenvalue weighted by Crippen LogP contribution is -2.37. The van der Waals surface area contributed by atoms with E-state index in [0.29, 0.717) is 69.3 Å². The van der Waals surface area contributed by atoms with Crippen molar-refractivity contribution < 1.29 is 53.1 Å². The zero-order valence-electron chi connectivity index (χ0n) is 33.0. The van der Waals surface area contributed by atoms with Gasteiger partial charge < -0.3 is 53.9 Å². The molecule has 1 saturated heterocycles. The van der Waals surface area contributed by atoms with Gasteiger partial charge in [0.15, 0.2) is 23.0 Å². The summed E-state index contributed by atoms with van der Waals surface area (Å²) >= 11 is 0. The number of anilines is 2. The smallest absolute Gasteiger partial charge is 0.414 e. The maximum atomic E-state index is 14.4. The lowest BCUT2D eigenvalue weighted by molar-refractivity contribution is 0.0321. The molecule has 2 aliphatic carbocycles. The number of aromatic amines is 3. The van der Waals surface area contributed by atoms with E-state index in [1.807, 2.05) is 0 Å². The van der Waals surface area contributed by atoms with Gasteiger partial charge in [0.1, 0.15) is 22.7 Å². The molecule has 5 aromatic rings. The number of rotatable bonds is 5. The number of piperidine rings is 1. The number of aromatic nitrogens is 3. The van der Waals surface area contributed by atoms with Crippen molar-refractivity contribution in [3.05, 3.63) is 69.4 Å². The van der Waals surface area contributed by atoms with Crippen LogP contribution in [0.3, 0.4) is 0 Å². The van der Waals surface area contributed by atoms with E-state index in [0.717, 1.165) is 6.42 Å². The van der Waals surface area contributed by atoms with Crippen molar-refractivity contribution >= 4 is 62.8 Å². The lowest BCUT2D eigenvalue weighted by atomic mass is 9.85. The highest BCUT2D eigenvalue weighted by Crippen LogP contribution is 2.67. The molecule has 2 aromatic carbocycles. The van der Waals surface area contributed by atoms with Crippen molar-refractivity contribution in [2.24, 2.45) is 5.92 Å². The second-order valence-electron chi connectivity index (χ2n) is 16.6. The van der Waals surface area contributed by atoms with E-state index in [2.05, 4.69) is 15.0 Å². The number of allylic oxidation sites excluding steroid dienone is 2. The third-order valence-corrected chi connectivity index (χ3v) is 12.3. The normalized spacial score (nSPS) is 20.0. The summed E-state index contributed by atoms with van der Waals surface area (Å²) in [5.41, 5.74) is 3.16. The molecule has 10 rings (SSSR count). The quantitative estimate of drug-likeness (QED) is 0.146. The molecule has 5 aliphatic rings. The molecule has 0 radical (unpaired) electrons. The molecule has 6 heterocycles. The Kier molecular flexibility index (Phi) is 7.45. The van der Waals surface area contributed by atoms with Gasteiger partial charge in [-0.2, -0.15) is 0 Å². The summed E-state index contributed by atoms with van der Waals surface area (Å²) < 4.78 is 21.7. The topological polar surface area (TPSA) is 220 Å². The van der Waals surface area contributed by atoms with E-state index < -0.39 is 34.9 Å². The van der Waals surface area contributed by atoms with Gasteiger partial charge in [-0.1, -0.05) is 0 Å². The molecule has 3 amide bonds. The van der Waals surface area contributed by atoms with Gasteiger partial charge in [0.05, 0.1) is 49.4 Å². The molecular weight excluding hydrogens is 764 g/mol. The number of esters is 1. The number of ether oxygens (including phenoxy) is 4. The molecule has 2 atom stereocenters. The highest BCUT2D eigenvalue weighted by atomic mass is 16.6. The number of phenolic OH excluding ortho intramolecular Hbond substituents is 2. The van der Waals surface area contributed by atoms with Crippen LogP contribution >= 0.6 is 0 Å². The third-order valence-electron chi connectivity index (χ3n) is 12.3. The highest BCUT2D eigenvalue weighted by molar-refractivity contribution is 6.16. The first-order valence-electron chi connectivity index (χ1n) is 19.2. The first-order chi connectivity index (χ1) is 28.1. The lowest BCUT2D eigenvalue weighted by Gasteiger charge is -2.30. The molecule has 1 spiro atoms. The van der Waals surface area contributed by atoms with E-state index >= 15 is 0 Å². The summed E-state index contributed by atoms with van der Waals surface area (Å²) in [4.78, 5) is 81.3. The first-order valence-corrected chi connectivity index (χ1v) is 19.2. The molecule has 304 valence electrons. The van der Waals surface area contributed by atoms with Crippen LogP contribution in [0.15, 0.2) is 30.0 Å². The van der Waals surface area contributed by atoms with Gasteiger partial charge in [0, 0.05) is 47.6 Å². The van der Waals surface area contributed by atoms with Crippen LogP contribution in [0, 0.1) is 5.92 Å². The van der Waals surface area contributed by atoms with Crippen LogP contribution < -0.4 is 19.3 Å². The molecule has 17 heteroatoms. The summed E-state index contributed by atoms with van der Waals surface area (Å²) in [6.07, 6.45) is 2.38.